The lowest BCUT2D eigenvalue weighted by Crippen LogP contribution is -2.32. The number of pyridine rings is 1. The Morgan fingerprint density at radius 1 is 1.03 bits per heavy atom. The predicted octanol–water partition coefficient (Wildman–Crippen LogP) is 4.48. The summed E-state index contributed by atoms with van der Waals surface area (Å²) in [6, 6.07) is 17.4. The van der Waals surface area contributed by atoms with Crippen LogP contribution in [0.3, 0.4) is 0 Å². The molecule has 5 rings (SSSR count). The number of carbonyl (C=O) groups excluding carboxylic acids is 2. The summed E-state index contributed by atoms with van der Waals surface area (Å²) in [5.41, 5.74) is 4.51. The summed E-state index contributed by atoms with van der Waals surface area (Å²) < 4.78 is 0. The van der Waals surface area contributed by atoms with Gasteiger partial charge < -0.3 is 15.2 Å². The molecular weight excluding hydrogens is 402 g/mol. The van der Waals surface area contributed by atoms with Gasteiger partial charge in [0.2, 0.25) is 0 Å². The van der Waals surface area contributed by atoms with E-state index >= 15 is 0 Å². The SMILES string of the molecule is CC1(C)CC(=O)c2cc(C(=O)Nc3ccc(N4CCc5ccccc54)cc3)c(=O)[nH]c2C1. The molecule has 0 atom stereocenters. The highest BCUT2D eigenvalue weighted by Gasteiger charge is 2.32. The molecule has 0 radical (unpaired) electrons. The van der Waals surface area contributed by atoms with E-state index in [4.69, 9.17) is 0 Å². The highest BCUT2D eigenvalue weighted by molar-refractivity contribution is 6.06. The number of anilines is 3. The standard InChI is InChI=1S/C26H25N3O3/c1-26(2)14-21-19(23(30)15-26)13-20(25(32)28-21)24(31)27-17-7-9-18(10-8-17)29-12-11-16-5-3-4-6-22(16)29/h3-10,13H,11-12,14-15H2,1-2H3,(H,27,31)(H,28,32). The van der Waals surface area contributed by atoms with Crippen molar-refractivity contribution in [3.63, 3.8) is 0 Å². The third kappa shape index (κ3) is 3.62. The van der Waals surface area contributed by atoms with Crippen molar-refractivity contribution in [1.29, 1.82) is 0 Å². The number of aromatic nitrogens is 1. The number of carbonyl (C=O) groups is 2. The molecule has 6 heteroatoms. The number of hydrogen-bond acceptors (Lipinski definition) is 4. The minimum absolute atomic E-state index is 0.0446. The monoisotopic (exact) mass is 427 g/mol. The van der Waals surface area contributed by atoms with Gasteiger partial charge in [-0.15, -0.1) is 0 Å². The van der Waals surface area contributed by atoms with E-state index in [-0.39, 0.29) is 16.8 Å². The number of para-hydroxylation sites is 1. The first-order valence-electron chi connectivity index (χ1n) is 10.9. The van der Waals surface area contributed by atoms with Crippen molar-refractivity contribution >= 4 is 28.8 Å². The van der Waals surface area contributed by atoms with Crippen LogP contribution in [0.5, 0.6) is 0 Å². The highest BCUT2D eigenvalue weighted by atomic mass is 16.2. The molecule has 3 aromatic rings. The van der Waals surface area contributed by atoms with E-state index in [9.17, 15) is 14.4 Å². The molecule has 0 unspecified atom stereocenters. The number of H-pyrrole nitrogens is 1. The number of rotatable bonds is 3. The van der Waals surface area contributed by atoms with Gasteiger partial charge in [0.05, 0.1) is 0 Å². The first kappa shape index (κ1) is 20.2. The maximum Gasteiger partial charge on any atom is 0.261 e. The second kappa shape index (κ2) is 7.48. The molecular formula is C26H25N3O3. The first-order chi connectivity index (χ1) is 15.3. The second-order valence-electron chi connectivity index (χ2n) is 9.38. The molecule has 1 aliphatic carbocycles. The number of hydrogen-bond donors (Lipinski definition) is 2. The molecule has 32 heavy (non-hydrogen) atoms. The molecule has 6 nitrogen and oxygen atoms in total. The number of nitrogens with one attached hydrogen (secondary N) is 2. The molecule has 1 aromatic heterocycles. The molecule has 2 heterocycles. The Morgan fingerprint density at radius 2 is 1.78 bits per heavy atom. The molecule has 0 saturated heterocycles. The smallest absolute Gasteiger partial charge is 0.261 e. The Morgan fingerprint density at radius 3 is 2.56 bits per heavy atom. The normalized spacial score (nSPS) is 16.4. The Hall–Kier alpha value is -3.67. The van der Waals surface area contributed by atoms with Crippen LogP contribution in [0.15, 0.2) is 59.4 Å². The topological polar surface area (TPSA) is 82.3 Å². The lowest BCUT2D eigenvalue weighted by atomic mass is 9.75. The maximum absolute atomic E-state index is 12.8. The van der Waals surface area contributed by atoms with Gasteiger partial charge in [-0.2, -0.15) is 0 Å². The van der Waals surface area contributed by atoms with E-state index in [1.807, 2.05) is 44.2 Å². The molecule has 0 bridgehead atoms. The molecule has 2 N–H and O–H groups in total. The largest absolute Gasteiger partial charge is 0.341 e. The zero-order valence-corrected chi connectivity index (χ0v) is 18.2. The van der Waals surface area contributed by atoms with Crippen molar-refractivity contribution < 1.29 is 9.59 Å². The molecule has 2 aromatic carbocycles. The van der Waals surface area contributed by atoms with Crippen LogP contribution in [-0.4, -0.2) is 23.2 Å². The van der Waals surface area contributed by atoms with Gasteiger partial charge in [-0.05, 0) is 60.2 Å². The van der Waals surface area contributed by atoms with Crippen LogP contribution in [0.1, 0.15) is 52.2 Å². The van der Waals surface area contributed by atoms with Crippen molar-refractivity contribution in [3.05, 3.63) is 87.3 Å². The fourth-order valence-electron chi connectivity index (χ4n) is 4.73. The number of fused-ring (bicyclic) bond motifs is 2. The zero-order chi connectivity index (χ0) is 22.5. The molecule has 0 spiro atoms. The Labute approximate surface area is 186 Å². The summed E-state index contributed by atoms with van der Waals surface area (Å²) >= 11 is 0. The number of nitrogens with zero attached hydrogens (tertiary/aromatic N) is 1. The lowest BCUT2D eigenvalue weighted by molar-refractivity contribution is 0.0910. The van der Waals surface area contributed by atoms with Crippen molar-refractivity contribution in [2.24, 2.45) is 5.41 Å². The molecule has 0 fully saturated rings. The van der Waals surface area contributed by atoms with Gasteiger partial charge >= 0.3 is 0 Å². The highest BCUT2D eigenvalue weighted by Crippen LogP contribution is 2.35. The van der Waals surface area contributed by atoms with E-state index in [2.05, 4.69) is 33.4 Å². The number of aromatic amines is 1. The average molecular weight is 428 g/mol. The maximum atomic E-state index is 12.8. The van der Waals surface area contributed by atoms with E-state index in [0.717, 1.165) is 18.7 Å². The lowest BCUT2D eigenvalue weighted by Gasteiger charge is -2.29. The van der Waals surface area contributed by atoms with Gasteiger partial charge in [0.1, 0.15) is 5.56 Å². The van der Waals surface area contributed by atoms with Crippen LogP contribution in [-0.2, 0) is 12.8 Å². The number of ketones is 1. The molecule has 1 aliphatic heterocycles. The predicted molar refractivity (Wildman–Crippen MR) is 125 cm³/mol. The third-order valence-corrected chi connectivity index (χ3v) is 6.29. The summed E-state index contributed by atoms with van der Waals surface area (Å²) in [7, 11) is 0. The van der Waals surface area contributed by atoms with Crippen molar-refractivity contribution in [1.82, 2.24) is 4.98 Å². The van der Waals surface area contributed by atoms with Crippen LogP contribution in [0.2, 0.25) is 0 Å². The average Bonchev–Trinajstić information content (AvgIpc) is 3.17. The van der Waals surface area contributed by atoms with Crippen LogP contribution >= 0.6 is 0 Å². The summed E-state index contributed by atoms with van der Waals surface area (Å²) in [4.78, 5) is 42.9. The Bertz CT molecular complexity index is 1290. The number of benzene rings is 2. The molecule has 0 saturated carbocycles. The van der Waals surface area contributed by atoms with E-state index in [1.165, 1.54) is 17.3 Å². The second-order valence-corrected chi connectivity index (χ2v) is 9.38. The van der Waals surface area contributed by atoms with Crippen molar-refractivity contribution in [2.75, 3.05) is 16.8 Å². The number of amides is 1. The third-order valence-electron chi connectivity index (χ3n) is 6.29. The van der Waals surface area contributed by atoms with Crippen LogP contribution in [0.25, 0.3) is 0 Å². The van der Waals surface area contributed by atoms with Gasteiger partial charge in [0, 0.05) is 41.3 Å². The molecule has 1 amide bonds. The van der Waals surface area contributed by atoms with Crippen LogP contribution < -0.4 is 15.8 Å². The summed E-state index contributed by atoms with van der Waals surface area (Å²) in [5, 5.41) is 2.79. The van der Waals surface area contributed by atoms with Gasteiger partial charge in [-0.25, -0.2) is 0 Å². The first-order valence-corrected chi connectivity index (χ1v) is 10.9. The fraction of sp³-hybridized carbons (Fsp3) is 0.269. The fourth-order valence-corrected chi connectivity index (χ4v) is 4.73. The summed E-state index contributed by atoms with van der Waals surface area (Å²) in [6.45, 7) is 4.91. The van der Waals surface area contributed by atoms with Crippen LogP contribution in [0, 0.1) is 5.41 Å². The minimum Gasteiger partial charge on any atom is -0.341 e. The summed E-state index contributed by atoms with van der Waals surface area (Å²) in [5.74, 6) is -0.567. The van der Waals surface area contributed by atoms with Crippen molar-refractivity contribution in [3.8, 4) is 0 Å². The van der Waals surface area contributed by atoms with Crippen LogP contribution in [0.4, 0.5) is 17.1 Å². The molecule has 2 aliphatic rings. The van der Waals surface area contributed by atoms with Gasteiger partial charge in [0.25, 0.3) is 11.5 Å². The van der Waals surface area contributed by atoms with Gasteiger partial charge in [0.15, 0.2) is 5.78 Å². The Balaban J connectivity index is 1.36. The van der Waals surface area contributed by atoms with E-state index in [1.54, 1.807) is 0 Å². The summed E-state index contributed by atoms with van der Waals surface area (Å²) in [6.07, 6.45) is 2.01. The van der Waals surface area contributed by atoms with Gasteiger partial charge in [-0.3, -0.25) is 14.4 Å². The van der Waals surface area contributed by atoms with E-state index < -0.39 is 11.5 Å². The zero-order valence-electron chi connectivity index (χ0n) is 18.2. The Kier molecular flexibility index (Phi) is 4.73. The van der Waals surface area contributed by atoms with Gasteiger partial charge in [-0.1, -0.05) is 32.0 Å². The minimum atomic E-state index is -0.522. The van der Waals surface area contributed by atoms with Crippen molar-refractivity contribution in [2.45, 2.75) is 33.1 Å². The quantitative estimate of drug-likeness (QED) is 0.646. The number of Topliss-reactive ketones (excluding diaryl/α,β-unsaturated/α-hetero) is 1. The van der Waals surface area contributed by atoms with E-state index in [0.29, 0.717) is 29.8 Å². The molecule has 162 valence electrons.